The zero-order valence-electron chi connectivity index (χ0n) is 20.1. The number of primary amides is 1. The number of amides is 2. The molecule has 0 bridgehead atoms. The second-order valence-electron chi connectivity index (χ2n) is 8.65. The lowest BCUT2D eigenvalue weighted by Gasteiger charge is -2.32. The molecule has 194 valence electrons. The van der Waals surface area contributed by atoms with Crippen LogP contribution in [0.4, 0.5) is 0 Å². The molecule has 0 radical (unpaired) electrons. The standard InChI is InChI=1S/C26H32BrClN4O4/c27-19-3-1-4-21(16-19)35-14-2-11-31-20-9-12-32(13-10-20)26(34)17-36-24-7-5-18(15-22(24)28)23(29)6-8-25(30)33/h1,3-5,7,15-16,20,29,31H,2,6,8-14,17H2,(H2,30,33). The molecule has 8 nitrogen and oxygen atoms in total. The summed E-state index contributed by atoms with van der Waals surface area (Å²) in [5, 5.41) is 11.9. The summed E-state index contributed by atoms with van der Waals surface area (Å²) in [6, 6.07) is 13.1. The Morgan fingerprint density at radius 1 is 1.14 bits per heavy atom. The van der Waals surface area contributed by atoms with E-state index in [0.717, 1.165) is 36.0 Å². The molecule has 2 aromatic carbocycles. The van der Waals surface area contributed by atoms with Gasteiger partial charge in [0.25, 0.3) is 5.91 Å². The van der Waals surface area contributed by atoms with Gasteiger partial charge in [-0.2, -0.15) is 0 Å². The maximum absolute atomic E-state index is 12.6. The van der Waals surface area contributed by atoms with E-state index in [1.165, 1.54) is 0 Å². The molecule has 0 saturated carbocycles. The van der Waals surface area contributed by atoms with E-state index in [9.17, 15) is 9.59 Å². The minimum absolute atomic E-state index is 0.0785. The van der Waals surface area contributed by atoms with Crippen LogP contribution in [0.25, 0.3) is 0 Å². The summed E-state index contributed by atoms with van der Waals surface area (Å²) in [5.74, 6) is 0.713. The Bertz CT molecular complexity index is 1060. The number of carbonyl (C=O) groups excluding carboxylic acids is 2. The molecule has 4 N–H and O–H groups in total. The van der Waals surface area contributed by atoms with E-state index < -0.39 is 5.91 Å². The van der Waals surface area contributed by atoms with Crippen molar-refractivity contribution in [2.45, 2.75) is 38.1 Å². The zero-order chi connectivity index (χ0) is 25.9. The first-order valence-corrected chi connectivity index (χ1v) is 13.2. The van der Waals surface area contributed by atoms with Gasteiger partial charge < -0.3 is 30.8 Å². The van der Waals surface area contributed by atoms with Crippen LogP contribution in [0.1, 0.15) is 37.7 Å². The molecular weight excluding hydrogens is 548 g/mol. The number of nitrogens with two attached hydrogens (primary N) is 1. The van der Waals surface area contributed by atoms with Crippen molar-refractivity contribution >= 4 is 45.1 Å². The van der Waals surface area contributed by atoms with Crippen molar-refractivity contribution in [3.05, 3.63) is 57.5 Å². The maximum Gasteiger partial charge on any atom is 0.260 e. The lowest BCUT2D eigenvalue weighted by Crippen LogP contribution is -2.46. The molecule has 0 aromatic heterocycles. The number of carbonyl (C=O) groups is 2. The predicted molar refractivity (Wildman–Crippen MR) is 144 cm³/mol. The van der Waals surface area contributed by atoms with Gasteiger partial charge in [-0.1, -0.05) is 33.6 Å². The molecule has 10 heteroatoms. The van der Waals surface area contributed by atoms with Gasteiger partial charge in [0.05, 0.1) is 11.6 Å². The molecule has 0 atom stereocenters. The lowest BCUT2D eigenvalue weighted by molar-refractivity contribution is -0.134. The quantitative estimate of drug-likeness (QED) is 0.243. The van der Waals surface area contributed by atoms with E-state index >= 15 is 0 Å². The summed E-state index contributed by atoms with van der Waals surface area (Å²) in [6.07, 6.45) is 3.04. The number of ether oxygens (including phenoxy) is 2. The van der Waals surface area contributed by atoms with Crippen molar-refractivity contribution in [3.63, 3.8) is 0 Å². The van der Waals surface area contributed by atoms with Crippen LogP contribution in [0.15, 0.2) is 46.9 Å². The topological polar surface area (TPSA) is 118 Å². The first-order valence-electron chi connectivity index (χ1n) is 12.0. The van der Waals surface area contributed by atoms with Crippen LogP contribution < -0.4 is 20.5 Å². The predicted octanol–water partition coefficient (Wildman–Crippen LogP) is 4.16. The number of piperidine rings is 1. The van der Waals surface area contributed by atoms with E-state index in [-0.39, 0.29) is 31.1 Å². The Balaban J connectivity index is 1.32. The van der Waals surface area contributed by atoms with Gasteiger partial charge in [0.2, 0.25) is 5.91 Å². The van der Waals surface area contributed by atoms with Gasteiger partial charge >= 0.3 is 0 Å². The van der Waals surface area contributed by atoms with Crippen molar-refractivity contribution < 1.29 is 19.1 Å². The Labute approximate surface area is 225 Å². The Morgan fingerprint density at radius 2 is 1.92 bits per heavy atom. The summed E-state index contributed by atoms with van der Waals surface area (Å²) in [6.45, 7) is 2.78. The molecule has 1 saturated heterocycles. The van der Waals surface area contributed by atoms with E-state index in [4.69, 9.17) is 32.2 Å². The molecule has 1 fully saturated rings. The number of benzene rings is 2. The number of rotatable bonds is 13. The smallest absolute Gasteiger partial charge is 0.260 e. The largest absolute Gasteiger partial charge is 0.494 e. The number of halogens is 2. The first-order chi connectivity index (χ1) is 17.3. The van der Waals surface area contributed by atoms with Gasteiger partial charge in [0.15, 0.2) is 6.61 Å². The number of nitrogens with zero attached hydrogens (tertiary/aromatic N) is 1. The molecule has 0 unspecified atom stereocenters. The minimum atomic E-state index is -0.453. The average Bonchev–Trinajstić information content (AvgIpc) is 2.86. The second-order valence-corrected chi connectivity index (χ2v) is 9.97. The van der Waals surface area contributed by atoms with E-state index in [1.54, 1.807) is 18.2 Å². The van der Waals surface area contributed by atoms with Crippen molar-refractivity contribution in [1.82, 2.24) is 10.2 Å². The molecule has 1 aliphatic rings. The third-order valence-corrected chi connectivity index (χ3v) is 6.71. The van der Waals surface area contributed by atoms with Gasteiger partial charge in [-0.3, -0.25) is 9.59 Å². The third kappa shape index (κ3) is 9.11. The third-order valence-electron chi connectivity index (χ3n) is 5.92. The van der Waals surface area contributed by atoms with Crippen molar-refractivity contribution in [3.8, 4) is 11.5 Å². The van der Waals surface area contributed by atoms with Crippen LogP contribution in [0.5, 0.6) is 11.5 Å². The zero-order valence-corrected chi connectivity index (χ0v) is 22.4. The normalized spacial score (nSPS) is 13.9. The maximum atomic E-state index is 12.6. The Morgan fingerprint density at radius 3 is 2.61 bits per heavy atom. The van der Waals surface area contributed by atoms with Gasteiger partial charge in [-0.05, 0) is 74.2 Å². The van der Waals surface area contributed by atoms with Gasteiger partial charge in [0, 0.05) is 35.7 Å². The molecule has 2 amide bonds. The average molecular weight is 580 g/mol. The van der Waals surface area contributed by atoms with Crippen LogP contribution >= 0.6 is 27.5 Å². The fourth-order valence-corrected chi connectivity index (χ4v) is 4.50. The molecule has 0 aliphatic carbocycles. The molecule has 3 rings (SSSR count). The molecular formula is C26H32BrClN4O4. The molecule has 2 aromatic rings. The van der Waals surface area contributed by atoms with Crippen LogP contribution in [-0.2, 0) is 9.59 Å². The molecule has 1 heterocycles. The highest BCUT2D eigenvalue weighted by molar-refractivity contribution is 9.10. The van der Waals surface area contributed by atoms with E-state index in [0.29, 0.717) is 42.1 Å². The number of nitrogens with one attached hydrogen (secondary N) is 2. The van der Waals surface area contributed by atoms with E-state index in [2.05, 4.69) is 21.2 Å². The summed E-state index contributed by atoms with van der Waals surface area (Å²) < 4.78 is 12.4. The van der Waals surface area contributed by atoms with Crippen LogP contribution in [-0.4, -0.2) is 61.3 Å². The summed E-state index contributed by atoms with van der Waals surface area (Å²) in [4.78, 5) is 25.3. The SMILES string of the molecule is N=C(CCC(N)=O)c1ccc(OCC(=O)N2CCC(NCCCOc3cccc(Br)c3)CC2)c(Cl)c1. The van der Waals surface area contributed by atoms with Gasteiger partial charge in [0.1, 0.15) is 11.5 Å². The summed E-state index contributed by atoms with van der Waals surface area (Å²) in [5.41, 5.74) is 6.00. The van der Waals surface area contributed by atoms with Crippen molar-refractivity contribution in [2.75, 3.05) is 32.8 Å². The molecule has 0 spiro atoms. The van der Waals surface area contributed by atoms with Crippen LogP contribution in [0.2, 0.25) is 5.02 Å². The fourth-order valence-electron chi connectivity index (χ4n) is 3.89. The van der Waals surface area contributed by atoms with Crippen LogP contribution in [0, 0.1) is 5.41 Å². The van der Waals surface area contributed by atoms with E-state index in [1.807, 2.05) is 29.2 Å². The first kappa shape index (κ1) is 28.0. The van der Waals surface area contributed by atoms with Crippen LogP contribution in [0.3, 0.4) is 0 Å². The number of hydrogen-bond donors (Lipinski definition) is 3. The number of hydrogen-bond acceptors (Lipinski definition) is 6. The lowest BCUT2D eigenvalue weighted by atomic mass is 10.0. The molecule has 36 heavy (non-hydrogen) atoms. The summed E-state index contributed by atoms with van der Waals surface area (Å²) in [7, 11) is 0. The highest BCUT2D eigenvalue weighted by Gasteiger charge is 2.23. The fraction of sp³-hybridized carbons (Fsp3) is 0.423. The minimum Gasteiger partial charge on any atom is -0.494 e. The number of likely N-dealkylation sites (tertiary alicyclic amines) is 1. The van der Waals surface area contributed by atoms with Crippen molar-refractivity contribution in [2.24, 2.45) is 5.73 Å². The Kier molecular flexibility index (Phi) is 11.0. The van der Waals surface area contributed by atoms with Gasteiger partial charge in [-0.25, -0.2) is 0 Å². The van der Waals surface area contributed by atoms with Crippen molar-refractivity contribution in [1.29, 1.82) is 5.41 Å². The summed E-state index contributed by atoms with van der Waals surface area (Å²) >= 11 is 9.72. The second kappa shape index (κ2) is 14.2. The Hall–Kier alpha value is -2.62. The monoisotopic (exact) mass is 578 g/mol. The van der Waals surface area contributed by atoms with Gasteiger partial charge in [-0.15, -0.1) is 0 Å². The highest BCUT2D eigenvalue weighted by Crippen LogP contribution is 2.26. The highest BCUT2D eigenvalue weighted by atomic mass is 79.9. The molecule has 1 aliphatic heterocycles.